The summed E-state index contributed by atoms with van der Waals surface area (Å²) in [5.41, 5.74) is 7.82. The van der Waals surface area contributed by atoms with E-state index in [1.807, 2.05) is 0 Å². The number of carbonyl (C=O) groups excluding carboxylic acids is 1. The topological polar surface area (TPSA) is 112 Å². The summed E-state index contributed by atoms with van der Waals surface area (Å²) < 4.78 is 21.6. The first-order valence-electron chi connectivity index (χ1n) is 9.44. The van der Waals surface area contributed by atoms with E-state index in [2.05, 4.69) is 0 Å². The highest BCUT2D eigenvalue weighted by atomic mass is 19.1. The Hall–Kier alpha value is -3.68. The van der Waals surface area contributed by atoms with Crippen LogP contribution in [0.15, 0.2) is 47.3 Å². The number of carboxylic acid groups (broad SMARTS) is 1. The lowest BCUT2D eigenvalue weighted by molar-refractivity contribution is -0.152. The van der Waals surface area contributed by atoms with E-state index in [0.717, 1.165) is 12.8 Å². The number of rotatable bonds is 6. The number of esters is 1. The molecule has 1 aliphatic rings. The number of carbonyl (C=O) groups is 2. The molecule has 3 N–H and O–H groups in total. The molecule has 0 spiro atoms. The van der Waals surface area contributed by atoms with Gasteiger partial charge in [0, 0.05) is 34.3 Å². The molecule has 1 heterocycles. The largest absolute Gasteiger partial charge is 0.481 e. The predicted molar refractivity (Wildman–Crippen MR) is 108 cm³/mol. The van der Waals surface area contributed by atoms with Gasteiger partial charge >= 0.3 is 11.9 Å². The summed E-state index contributed by atoms with van der Waals surface area (Å²) in [5.74, 6) is -2.74. The fourth-order valence-electron chi connectivity index (χ4n) is 3.48. The third kappa shape index (κ3) is 3.89. The van der Waals surface area contributed by atoms with Crippen LogP contribution >= 0.6 is 0 Å². The van der Waals surface area contributed by atoms with Crippen molar-refractivity contribution in [1.82, 2.24) is 4.57 Å². The second-order valence-electron chi connectivity index (χ2n) is 7.31. The van der Waals surface area contributed by atoms with Crippen molar-refractivity contribution in [1.29, 1.82) is 0 Å². The molecule has 7 nitrogen and oxygen atoms in total. The maximum absolute atomic E-state index is 15.0. The van der Waals surface area contributed by atoms with E-state index in [9.17, 15) is 14.4 Å². The van der Waals surface area contributed by atoms with Gasteiger partial charge in [0.1, 0.15) is 18.8 Å². The highest BCUT2D eigenvalue weighted by molar-refractivity contribution is 5.91. The zero-order valence-electron chi connectivity index (χ0n) is 15.9. The van der Waals surface area contributed by atoms with Crippen molar-refractivity contribution in [2.24, 2.45) is 0 Å². The second-order valence-corrected chi connectivity index (χ2v) is 7.31. The summed E-state index contributed by atoms with van der Waals surface area (Å²) >= 11 is 0. The first-order chi connectivity index (χ1) is 14.3. The summed E-state index contributed by atoms with van der Waals surface area (Å²) in [7, 11) is 0. The highest BCUT2D eigenvalue weighted by Gasteiger charge is 2.27. The van der Waals surface area contributed by atoms with Crippen LogP contribution in [0, 0.1) is 5.82 Å². The van der Waals surface area contributed by atoms with Gasteiger partial charge in [-0.3, -0.25) is 14.4 Å². The van der Waals surface area contributed by atoms with Gasteiger partial charge in [0.15, 0.2) is 0 Å². The van der Waals surface area contributed by atoms with E-state index >= 15 is 4.39 Å². The number of fused-ring (bicyclic) bond motifs is 1. The van der Waals surface area contributed by atoms with E-state index in [-0.39, 0.29) is 18.2 Å². The number of nitrogens with two attached hydrogens (primary N) is 1. The van der Waals surface area contributed by atoms with Crippen LogP contribution in [0.25, 0.3) is 22.0 Å². The average Bonchev–Trinajstić information content (AvgIpc) is 3.51. The van der Waals surface area contributed by atoms with Gasteiger partial charge in [-0.15, -0.1) is 0 Å². The maximum atomic E-state index is 15.0. The smallest absolute Gasteiger partial charge is 0.317 e. The van der Waals surface area contributed by atoms with Crippen LogP contribution in [-0.4, -0.2) is 21.6 Å². The number of ether oxygens (including phenoxy) is 1. The monoisotopic (exact) mass is 410 g/mol. The van der Waals surface area contributed by atoms with Crippen molar-refractivity contribution >= 4 is 28.5 Å². The third-order valence-corrected chi connectivity index (χ3v) is 5.04. The Labute approximate surface area is 170 Å². The number of hydrogen-bond acceptors (Lipinski definition) is 5. The molecule has 0 bridgehead atoms. The first kappa shape index (κ1) is 19.6. The lowest BCUT2D eigenvalue weighted by Crippen LogP contribution is -2.21. The van der Waals surface area contributed by atoms with E-state index in [1.54, 1.807) is 34.9 Å². The van der Waals surface area contributed by atoms with E-state index in [0.29, 0.717) is 33.3 Å². The maximum Gasteiger partial charge on any atom is 0.317 e. The number of nitrogens with zero attached hydrogens (tertiary/aromatic N) is 1. The van der Waals surface area contributed by atoms with Crippen LogP contribution in [0.1, 0.15) is 30.9 Å². The molecule has 0 radical (unpaired) electrons. The molecule has 0 unspecified atom stereocenters. The Morgan fingerprint density at radius 2 is 1.87 bits per heavy atom. The van der Waals surface area contributed by atoms with Gasteiger partial charge < -0.3 is 20.1 Å². The molecule has 1 aromatic heterocycles. The van der Waals surface area contributed by atoms with Crippen LogP contribution < -0.4 is 11.3 Å². The Bertz CT molecular complexity index is 1210. The molecule has 3 aromatic rings. The number of halogens is 1. The molecule has 8 heteroatoms. The Morgan fingerprint density at radius 1 is 1.17 bits per heavy atom. The van der Waals surface area contributed by atoms with Gasteiger partial charge in [-0.1, -0.05) is 12.1 Å². The Balaban J connectivity index is 1.82. The SMILES string of the molecule is Nc1ccc(-c2cc3c(cc2F)c(COC(=O)CC(=O)O)cc(=O)n3C2CC2)cc1. The predicted octanol–water partition coefficient (Wildman–Crippen LogP) is 3.24. The fraction of sp³-hybridized carbons (Fsp3) is 0.227. The fourth-order valence-corrected chi connectivity index (χ4v) is 3.48. The molecule has 0 saturated heterocycles. The summed E-state index contributed by atoms with van der Waals surface area (Å²) in [6.45, 7) is -0.315. The minimum absolute atomic E-state index is 0.0494. The summed E-state index contributed by atoms with van der Waals surface area (Å²) in [6.07, 6.45) is 0.930. The average molecular weight is 410 g/mol. The summed E-state index contributed by atoms with van der Waals surface area (Å²) in [6, 6.07) is 11.1. The van der Waals surface area contributed by atoms with Gasteiger partial charge in [-0.25, -0.2) is 4.39 Å². The third-order valence-electron chi connectivity index (χ3n) is 5.04. The number of aliphatic carboxylic acids is 1. The number of carboxylic acids is 1. The van der Waals surface area contributed by atoms with Crippen molar-refractivity contribution in [3.8, 4) is 11.1 Å². The summed E-state index contributed by atoms with van der Waals surface area (Å²) in [5, 5.41) is 9.13. The Kier molecular flexibility index (Phi) is 4.99. The normalized spacial score (nSPS) is 13.4. The molecule has 0 amide bonds. The molecule has 1 aliphatic carbocycles. The van der Waals surface area contributed by atoms with Crippen molar-refractivity contribution in [3.63, 3.8) is 0 Å². The van der Waals surface area contributed by atoms with Crippen molar-refractivity contribution in [2.45, 2.75) is 31.9 Å². The van der Waals surface area contributed by atoms with Crippen LogP contribution in [0.3, 0.4) is 0 Å². The minimum atomic E-state index is -1.31. The molecule has 2 aromatic carbocycles. The highest BCUT2D eigenvalue weighted by Crippen LogP contribution is 2.38. The van der Waals surface area contributed by atoms with Gasteiger partial charge in [0.05, 0.1) is 5.52 Å². The number of pyridine rings is 1. The number of hydrogen-bond donors (Lipinski definition) is 2. The quantitative estimate of drug-likeness (QED) is 0.367. The molecule has 154 valence electrons. The minimum Gasteiger partial charge on any atom is -0.481 e. The number of nitrogen functional groups attached to an aromatic ring is 1. The van der Waals surface area contributed by atoms with Gasteiger partial charge in [-0.05, 0) is 42.7 Å². The van der Waals surface area contributed by atoms with Crippen LogP contribution in [0.5, 0.6) is 0 Å². The lowest BCUT2D eigenvalue weighted by Gasteiger charge is -2.15. The molecular weight excluding hydrogens is 391 g/mol. The van der Waals surface area contributed by atoms with Crippen molar-refractivity contribution < 1.29 is 23.8 Å². The van der Waals surface area contributed by atoms with E-state index in [4.69, 9.17) is 15.6 Å². The number of anilines is 1. The number of benzene rings is 2. The van der Waals surface area contributed by atoms with E-state index < -0.39 is 24.2 Å². The molecule has 1 fully saturated rings. The molecule has 1 saturated carbocycles. The summed E-state index contributed by atoms with van der Waals surface area (Å²) in [4.78, 5) is 35.0. The zero-order valence-corrected chi connectivity index (χ0v) is 15.9. The molecular formula is C22H19FN2O5. The first-order valence-corrected chi connectivity index (χ1v) is 9.44. The van der Waals surface area contributed by atoms with Gasteiger partial charge in [-0.2, -0.15) is 0 Å². The number of aromatic nitrogens is 1. The lowest BCUT2D eigenvalue weighted by atomic mass is 10.00. The Morgan fingerprint density at radius 3 is 2.50 bits per heavy atom. The molecule has 30 heavy (non-hydrogen) atoms. The van der Waals surface area contributed by atoms with Crippen molar-refractivity contribution in [2.75, 3.05) is 5.73 Å². The second kappa shape index (κ2) is 7.62. The zero-order chi connectivity index (χ0) is 21.4. The van der Waals surface area contributed by atoms with Crippen LogP contribution in [0.2, 0.25) is 0 Å². The molecule has 4 rings (SSSR count). The van der Waals surface area contributed by atoms with Crippen LogP contribution in [-0.2, 0) is 20.9 Å². The van der Waals surface area contributed by atoms with Crippen molar-refractivity contribution in [3.05, 3.63) is 64.2 Å². The molecule has 0 atom stereocenters. The van der Waals surface area contributed by atoms with Gasteiger partial charge in [0.25, 0.3) is 5.56 Å². The molecule has 0 aliphatic heterocycles. The van der Waals surface area contributed by atoms with Crippen LogP contribution in [0.4, 0.5) is 10.1 Å². The standard InChI is InChI=1S/C22H19FN2O5/c23-18-8-17-13(11-30-22(29)10-21(27)28)7-20(26)25(15-5-6-15)19(17)9-16(18)12-1-3-14(24)4-2-12/h1-4,7-9,15H,5-6,10-11,24H2,(H,27,28). The van der Waals surface area contributed by atoms with E-state index in [1.165, 1.54) is 12.1 Å². The van der Waals surface area contributed by atoms with Gasteiger partial charge in [0.2, 0.25) is 0 Å².